The molecular weight excluding hydrogens is 290 g/mol. The Morgan fingerprint density at radius 3 is 2.26 bits per heavy atom. The van der Waals surface area contributed by atoms with Gasteiger partial charge in [0.05, 0.1) is 13.1 Å². The summed E-state index contributed by atoms with van der Waals surface area (Å²) in [6.45, 7) is 12.8. The lowest BCUT2D eigenvalue weighted by atomic mass is 10.1. The molecule has 0 saturated heterocycles. The molecule has 0 heterocycles. The number of benzene rings is 1. The third kappa shape index (κ3) is 7.28. The van der Waals surface area contributed by atoms with Gasteiger partial charge in [-0.15, -0.1) is 0 Å². The van der Waals surface area contributed by atoms with E-state index in [0.717, 1.165) is 16.8 Å². The molecule has 1 aromatic rings. The molecule has 23 heavy (non-hydrogen) atoms. The third-order valence-electron chi connectivity index (χ3n) is 3.36. The minimum absolute atomic E-state index is 0.0705. The fourth-order valence-electron chi connectivity index (χ4n) is 2.20. The number of anilines is 1. The second-order valence-electron chi connectivity index (χ2n) is 6.97. The summed E-state index contributed by atoms with van der Waals surface area (Å²) in [6.07, 6.45) is 0. The minimum atomic E-state index is -0.266. The van der Waals surface area contributed by atoms with E-state index in [1.165, 1.54) is 0 Å². The second kappa shape index (κ2) is 8.11. The normalized spacial score (nSPS) is 11.4. The zero-order valence-electron chi connectivity index (χ0n) is 15.1. The van der Waals surface area contributed by atoms with Gasteiger partial charge in [-0.1, -0.05) is 19.1 Å². The van der Waals surface area contributed by atoms with Gasteiger partial charge in [-0.05, 0) is 58.4 Å². The van der Waals surface area contributed by atoms with Gasteiger partial charge in [-0.3, -0.25) is 14.5 Å². The number of carbonyl (C=O) groups excluding carboxylic acids is 2. The molecule has 0 aliphatic carbocycles. The maximum absolute atomic E-state index is 12.2. The SMILES string of the molecule is CCN(CC(=O)Nc1cc(C)ccc1C)CC(=O)NC(C)(C)C. The molecule has 0 bridgehead atoms. The molecular formula is C18H29N3O2. The summed E-state index contributed by atoms with van der Waals surface area (Å²) in [4.78, 5) is 26.0. The van der Waals surface area contributed by atoms with Crippen LogP contribution in [-0.4, -0.2) is 41.9 Å². The van der Waals surface area contributed by atoms with E-state index in [-0.39, 0.29) is 30.4 Å². The van der Waals surface area contributed by atoms with Crippen molar-refractivity contribution in [3.8, 4) is 0 Å². The van der Waals surface area contributed by atoms with Crippen molar-refractivity contribution in [3.05, 3.63) is 29.3 Å². The molecule has 0 fully saturated rings. The number of carbonyl (C=O) groups is 2. The van der Waals surface area contributed by atoms with Gasteiger partial charge in [0.25, 0.3) is 0 Å². The van der Waals surface area contributed by atoms with E-state index in [9.17, 15) is 9.59 Å². The molecule has 5 heteroatoms. The van der Waals surface area contributed by atoms with E-state index >= 15 is 0 Å². The van der Waals surface area contributed by atoms with E-state index in [1.807, 2.05) is 64.6 Å². The summed E-state index contributed by atoms with van der Waals surface area (Å²) >= 11 is 0. The number of hydrogen-bond donors (Lipinski definition) is 2. The first-order valence-electron chi connectivity index (χ1n) is 8.01. The molecule has 0 radical (unpaired) electrons. The standard InChI is InChI=1S/C18H29N3O2/c1-7-21(12-17(23)20-18(4,5)6)11-16(22)19-15-10-13(2)8-9-14(15)3/h8-10H,7,11-12H2,1-6H3,(H,19,22)(H,20,23). The number of hydrogen-bond acceptors (Lipinski definition) is 3. The van der Waals surface area contributed by atoms with Gasteiger partial charge in [0.1, 0.15) is 0 Å². The Kier molecular flexibility index (Phi) is 6.76. The van der Waals surface area contributed by atoms with Crippen LogP contribution in [0.15, 0.2) is 18.2 Å². The first-order chi connectivity index (χ1) is 10.6. The number of amides is 2. The van der Waals surface area contributed by atoms with Gasteiger partial charge in [-0.2, -0.15) is 0 Å². The van der Waals surface area contributed by atoms with Crippen LogP contribution in [0.25, 0.3) is 0 Å². The largest absolute Gasteiger partial charge is 0.350 e. The van der Waals surface area contributed by atoms with Gasteiger partial charge in [0.15, 0.2) is 0 Å². The molecule has 0 saturated carbocycles. The summed E-state index contributed by atoms with van der Waals surface area (Å²) < 4.78 is 0. The molecule has 0 atom stereocenters. The highest BCUT2D eigenvalue weighted by molar-refractivity contribution is 5.93. The second-order valence-corrected chi connectivity index (χ2v) is 6.97. The lowest BCUT2D eigenvalue weighted by Crippen LogP contribution is -2.47. The lowest BCUT2D eigenvalue weighted by molar-refractivity contribution is -0.124. The average Bonchev–Trinajstić information content (AvgIpc) is 2.40. The lowest BCUT2D eigenvalue weighted by Gasteiger charge is -2.24. The number of nitrogens with zero attached hydrogens (tertiary/aromatic N) is 1. The summed E-state index contributed by atoms with van der Waals surface area (Å²) in [5.74, 6) is -0.178. The molecule has 0 spiro atoms. The highest BCUT2D eigenvalue weighted by Gasteiger charge is 2.18. The van der Waals surface area contributed by atoms with E-state index in [0.29, 0.717) is 6.54 Å². The van der Waals surface area contributed by atoms with Crippen LogP contribution in [0.5, 0.6) is 0 Å². The van der Waals surface area contributed by atoms with Gasteiger partial charge >= 0.3 is 0 Å². The Labute approximate surface area is 139 Å². The Morgan fingerprint density at radius 2 is 1.70 bits per heavy atom. The first kappa shape index (κ1) is 19.2. The van der Waals surface area contributed by atoms with Gasteiger partial charge < -0.3 is 10.6 Å². The maximum atomic E-state index is 12.2. The quantitative estimate of drug-likeness (QED) is 0.847. The molecule has 2 amide bonds. The topological polar surface area (TPSA) is 61.4 Å². The number of rotatable bonds is 6. The highest BCUT2D eigenvalue weighted by Crippen LogP contribution is 2.16. The molecule has 5 nitrogen and oxygen atoms in total. The third-order valence-corrected chi connectivity index (χ3v) is 3.36. The fraction of sp³-hybridized carbons (Fsp3) is 0.556. The van der Waals surface area contributed by atoms with E-state index in [4.69, 9.17) is 0 Å². The van der Waals surface area contributed by atoms with Crippen molar-refractivity contribution >= 4 is 17.5 Å². The van der Waals surface area contributed by atoms with Crippen molar-refractivity contribution in [3.63, 3.8) is 0 Å². The molecule has 0 unspecified atom stereocenters. The Hall–Kier alpha value is -1.88. The average molecular weight is 319 g/mol. The predicted octanol–water partition coefficient (Wildman–Crippen LogP) is 2.48. The van der Waals surface area contributed by atoms with E-state index in [2.05, 4.69) is 10.6 Å². The zero-order chi connectivity index (χ0) is 17.6. The Bertz CT molecular complexity index is 562. The first-order valence-corrected chi connectivity index (χ1v) is 8.01. The highest BCUT2D eigenvalue weighted by atomic mass is 16.2. The summed E-state index contributed by atoms with van der Waals surface area (Å²) in [7, 11) is 0. The van der Waals surface area contributed by atoms with Crippen LogP contribution >= 0.6 is 0 Å². The Balaban J connectivity index is 2.59. The van der Waals surface area contributed by atoms with Crippen LogP contribution in [0.4, 0.5) is 5.69 Å². The van der Waals surface area contributed by atoms with Crippen molar-refractivity contribution in [1.82, 2.24) is 10.2 Å². The van der Waals surface area contributed by atoms with Crippen molar-refractivity contribution in [2.75, 3.05) is 25.0 Å². The summed E-state index contributed by atoms with van der Waals surface area (Å²) in [5, 5.41) is 5.84. The van der Waals surface area contributed by atoms with Crippen LogP contribution < -0.4 is 10.6 Å². The summed E-state index contributed by atoms with van der Waals surface area (Å²) in [6, 6.07) is 5.95. The van der Waals surface area contributed by atoms with E-state index < -0.39 is 0 Å². The van der Waals surface area contributed by atoms with Crippen LogP contribution in [-0.2, 0) is 9.59 Å². The van der Waals surface area contributed by atoms with Gasteiger partial charge in [0.2, 0.25) is 11.8 Å². The van der Waals surface area contributed by atoms with Gasteiger partial charge in [0, 0.05) is 11.2 Å². The van der Waals surface area contributed by atoms with Crippen LogP contribution in [0.3, 0.4) is 0 Å². The van der Waals surface area contributed by atoms with Crippen LogP contribution in [0.1, 0.15) is 38.8 Å². The molecule has 0 aromatic heterocycles. The van der Waals surface area contributed by atoms with Crippen molar-refractivity contribution in [2.45, 2.75) is 47.1 Å². The smallest absolute Gasteiger partial charge is 0.238 e. The van der Waals surface area contributed by atoms with Crippen molar-refractivity contribution < 1.29 is 9.59 Å². The number of aryl methyl sites for hydroxylation is 2. The fourth-order valence-corrected chi connectivity index (χ4v) is 2.20. The Morgan fingerprint density at radius 1 is 1.09 bits per heavy atom. The van der Waals surface area contributed by atoms with E-state index in [1.54, 1.807) is 0 Å². The molecule has 1 aromatic carbocycles. The molecule has 1 rings (SSSR count). The van der Waals surface area contributed by atoms with Crippen LogP contribution in [0.2, 0.25) is 0 Å². The number of nitrogens with one attached hydrogen (secondary N) is 2. The van der Waals surface area contributed by atoms with Crippen molar-refractivity contribution in [2.24, 2.45) is 0 Å². The monoisotopic (exact) mass is 319 g/mol. The van der Waals surface area contributed by atoms with Crippen LogP contribution in [0, 0.1) is 13.8 Å². The maximum Gasteiger partial charge on any atom is 0.238 e. The molecule has 128 valence electrons. The number of likely N-dealkylation sites (N-methyl/N-ethyl adjacent to an activating group) is 1. The van der Waals surface area contributed by atoms with Gasteiger partial charge in [-0.25, -0.2) is 0 Å². The zero-order valence-corrected chi connectivity index (χ0v) is 15.1. The summed E-state index contributed by atoms with van der Waals surface area (Å²) in [5.41, 5.74) is 2.68. The molecule has 0 aliphatic rings. The molecule has 2 N–H and O–H groups in total. The predicted molar refractivity (Wildman–Crippen MR) is 94.6 cm³/mol. The molecule has 0 aliphatic heterocycles. The van der Waals surface area contributed by atoms with Crippen molar-refractivity contribution in [1.29, 1.82) is 0 Å². The minimum Gasteiger partial charge on any atom is -0.350 e.